The fourth-order valence-corrected chi connectivity index (χ4v) is 1.69. The van der Waals surface area contributed by atoms with Crippen LogP contribution in [0.2, 0.25) is 0 Å². The van der Waals surface area contributed by atoms with Gasteiger partial charge in [-0.15, -0.1) is 0 Å². The van der Waals surface area contributed by atoms with E-state index in [1.165, 1.54) is 6.42 Å². The standard InChI is InChI=1S/C10H21NO2/c1-8(6-12)7-13-10-4-2-3-9(11)5-10/h8-10,12H,2-7,11H2,1H3. The molecule has 1 aliphatic rings. The Morgan fingerprint density at radius 3 is 2.92 bits per heavy atom. The van der Waals surface area contributed by atoms with Gasteiger partial charge in [0, 0.05) is 18.6 Å². The summed E-state index contributed by atoms with van der Waals surface area (Å²) in [5.74, 6) is 0.248. The lowest BCUT2D eigenvalue weighted by Crippen LogP contribution is -2.33. The fourth-order valence-electron chi connectivity index (χ4n) is 1.69. The summed E-state index contributed by atoms with van der Waals surface area (Å²) in [5.41, 5.74) is 5.83. The van der Waals surface area contributed by atoms with Gasteiger partial charge in [-0.3, -0.25) is 0 Å². The molecule has 3 N–H and O–H groups in total. The first-order chi connectivity index (χ1) is 6.22. The Bertz CT molecular complexity index is 141. The molecule has 3 atom stereocenters. The molecule has 0 aromatic rings. The number of hydrogen-bond acceptors (Lipinski definition) is 3. The molecule has 13 heavy (non-hydrogen) atoms. The zero-order valence-electron chi connectivity index (χ0n) is 8.41. The fraction of sp³-hybridized carbons (Fsp3) is 1.00. The Morgan fingerprint density at radius 2 is 2.31 bits per heavy atom. The molecule has 0 bridgehead atoms. The van der Waals surface area contributed by atoms with E-state index in [9.17, 15) is 0 Å². The van der Waals surface area contributed by atoms with E-state index in [0.29, 0.717) is 18.8 Å². The lowest BCUT2D eigenvalue weighted by atomic mass is 9.93. The van der Waals surface area contributed by atoms with Gasteiger partial charge in [-0.1, -0.05) is 6.92 Å². The van der Waals surface area contributed by atoms with Crippen LogP contribution in [0.4, 0.5) is 0 Å². The summed E-state index contributed by atoms with van der Waals surface area (Å²) < 4.78 is 5.67. The summed E-state index contributed by atoms with van der Waals surface area (Å²) in [6.07, 6.45) is 4.76. The molecule has 3 unspecified atom stereocenters. The first-order valence-corrected chi connectivity index (χ1v) is 5.20. The van der Waals surface area contributed by atoms with Gasteiger partial charge >= 0.3 is 0 Å². The molecular formula is C10H21NO2. The van der Waals surface area contributed by atoms with Crippen LogP contribution in [0.5, 0.6) is 0 Å². The van der Waals surface area contributed by atoms with Crippen molar-refractivity contribution in [1.82, 2.24) is 0 Å². The van der Waals surface area contributed by atoms with Crippen LogP contribution >= 0.6 is 0 Å². The number of rotatable bonds is 4. The van der Waals surface area contributed by atoms with Crippen molar-refractivity contribution in [3.05, 3.63) is 0 Å². The number of aliphatic hydroxyl groups is 1. The van der Waals surface area contributed by atoms with Gasteiger partial charge in [0.05, 0.1) is 12.7 Å². The van der Waals surface area contributed by atoms with Crippen LogP contribution in [0.25, 0.3) is 0 Å². The maximum Gasteiger partial charge on any atom is 0.0590 e. The van der Waals surface area contributed by atoms with Gasteiger partial charge < -0.3 is 15.6 Å². The summed E-state index contributed by atoms with van der Waals surface area (Å²) in [4.78, 5) is 0. The third kappa shape index (κ3) is 4.07. The van der Waals surface area contributed by atoms with Gasteiger partial charge in [0.25, 0.3) is 0 Å². The third-order valence-corrected chi connectivity index (χ3v) is 2.59. The molecule has 0 aromatic heterocycles. The van der Waals surface area contributed by atoms with Crippen LogP contribution in [-0.2, 0) is 4.74 Å². The van der Waals surface area contributed by atoms with E-state index in [4.69, 9.17) is 15.6 Å². The Kier molecular flexibility index (Phi) is 4.70. The van der Waals surface area contributed by atoms with Crippen molar-refractivity contribution in [2.45, 2.75) is 44.8 Å². The topological polar surface area (TPSA) is 55.5 Å². The van der Waals surface area contributed by atoms with E-state index < -0.39 is 0 Å². The number of nitrogens with two attached hydrogens (primary N) is 1. The minimum absolute atomic E-state index is 0.207. The van der Waals surface area contributed by atoms with E-state index in [1.54, 1.807) is 0 Å². The normalized spacial score (nSPS) is 31.6. The molecule has 0 amide bonds. The van der Waals surface area contributed by atoms with Crippen LogP contribution in [0.3, 0.4) is 0 Å². The molecule has 0 aromatic carbocycles. The van der Waals surface area contributed by atoms with E-state index in [0.717, 1.165) is 19.3 Å². The van der Waals surface area contributed by atoms with Crippen molar-refractivity contribution >= 4 is 0 Å². The predicted octanol–water partition coefficient (Wildman–Crippen LogP) is 0.901. The highest BCUT2D eigenvalue weighted by molar-refractivity contribution is 4.75. The van der Waals surface area contributed by atoms with Gasteiger partial charge in [0.1, 0.15) is 0 Å². The van der Waals surface area contributed by atoms with Gasteiger partial charge in [-0.2, -0.15) is 0 Å². The van der Waals surface area contributed by atoms with E-state index in [1.807, 2.05) is 6.92 Å². The number of ether oxygens (including phenoxy) is 1. The molecule has 0 saturated heterocycles. The lowest BCUT2D eigenvalue weighted by Gasteiger charge is -2.27. The molecule has 3 heteroatoms. The van der Waals surface area contributed by atoms with Crippen LogP contribution < -0.4 is 5.73 Å². The van der Waals surface area contributed by atoms with Crippen molar-refractivity contribution in [1.29, 1.82) is 0 Å². The Morgan fingerprint density at radius 1 is 1.54 bits per heavy atom. The largest absolute Gasteiger partial charge is 0.396 e. The summed E-state index contributed by atoms with van der Waals surface area (Å²) in [7, 11) is 0. The maximum atomic E-state index is 8.81. The zero-order chi connectivity index (χ0) is 9.68. The lowest BCUT2D eigenvalue weighted by molar-refractivity contribution is -0.00279. The Labute approximate surface area is 80.3 Å². The maximum absolute atomic E-state index is 8.81. The van der Waals surface area contributed by atoms with Gasteiger partial charge in [0.2, 0.25) is 0 Å². The second-order valence-corrected chi connectivity index (χ2v) is 4.17. The molecule has 78 valence electrons. The van der Waals surface area contributed by atoms with E-state index in [-0.39, 0.29) is 12.5 Å². The highest BCUT2D eigenvalue weighted by Gasteiger charge is 2.19. The molecule has 0 spiro atoms. The van der Waals surface area contributed by atoms with Crippen LogP contribution in [0, 0.1) is 5.92 Å². The summed E-state index contributed by atoms with van der Waals surface area (Å²) in [5, 5.41) is 8.81. The Balaban J connectivity index is 2.13. The molecule has 1 saturated carbocycles. The van der Waals surface area contributed by atoms with E-state index in [2.05, 4.69) is 0 Å². The smallest absolute Gasteiger partial charge is 0.0590 e. The van der Waals surface area contributed by atoms with Gasteiger partial charge in [-0.05, 0) is 25.7 Å². The minimum Gasteiger partial charge on any atom is -0.396 e. The molecule has 3 nitrogen and oxygen atoms in total. The van der Waals surface area contributed by atoms with Crippen molar-refractivity contribution < 1.29 is 9.84 Å². The quantitative estimate of drug-likeness (QED) is 0.687. The van der Waals surface area contributed by atoms with E-state index >= 15 is 0 Å². The first-order valence-electron chi connectivity index (χ1n) is 5.20. The minimum atomic E-state index is 0.207. The average Bonchev–Trinajstić information content (AvgIpc) is 2.14. The van der Waals surface area contributed by atoms with Crippen molar-refractivity contribution in [2.24, 2.45) is 11.7 Å². The summed E-state index contributed by atoms with van der Waals surface area (Å²) >= 11 is 0. The molecule has 1 aliphatic carbocycles. The van der Waals surface area contributed by atoms with Crippen LogP contribution in [-0.4, -0.2) is 30.5 Å². The molecular weight excluding hydrogens is 166 g/mol. The number of aliphatic hydroxyl groups excluding tert-OH is 1. The second kappa shape index (κ2) is 5.58. The molecule has 0 heterocycles. The highest BCUT2D eigenvalue weighted by Crippen LogP contribution is 2.20. The molecule has 0 aliphatic heterocycles. The van der Waals surface area contributed by atoms with Crippen molar-refractivity contribution in [3.63, 3.8) is 0 Å². The van der Waals surface area contributed by atoms with Crippen LogP contribution in [0.1, 0.15) is 32.6 Å². The third-order valence-electron chi connectivity index (χ3n) is 2.59. The molecule has 1 fully saturated rings. The summed E-state index contributed by atoms with van der Waals surface area (Å²) in [6, 6.07) is 0.322. The van der Waals surface area contributed by atoms with Crippen molar-refractivity contribution in [3.8, 4) is 0 Å². The summed E-state index contributed by atoms with van der Waals surface area (Å²) in [6.45, 7) is 2.86. The highest BCUT2D eigenvalue weighted by atomic mass is 16.5. The predicted molar refractivity (Wildman–Crippen MR) is 52.4 cm³/mol. The SMILES string of the molecule is CC(CO)COC1CCCC(N)C1. The number of hydrogen-bond donors (Lipinski definition) is 2. The second-order valence-electron chi connectivity index (χ2n) is 4.17. The molecule has 1 rings (SSSR count). The monoisotopic (exact) mass is 187 g/mol. The van der Waals surface area contributed by atoms with Crippen LogP contribution in [0.15, 0.2) is 0 Å². The Hall–Kier alpha value is -0.120. The first kappa shape index (κ1) is 11.0. The average molecular weight is 187 g/mol. The van der Waals surface area contributed by atoms with Gasteiger partial charge in [-0.25, -0.2) is 0 Å². The molecule has 0 radical (unpaired) electrons. The van der Waals surface area contributed by atoms with Gasteiger partial charge in [0.15, 0.2) is 0 Å². The zero-order valence-corrected chi connectivity index (χ0v) is 8.41. The van der Waals surface area contributed by atoms with Crippen molar-refractivity contribution in [2.75, 3.05) is 13.2 Å².